The van der Waals surface area contributed by atoms with Crippen LogP contribution in [0.3, 0.4) is 0 Å². The molecule has 0 spiro atoms. The minimum atomic E-state index is -0.337. The van der Waals surface area contributed by atoms with Crippen molar-refractivity contribution in [2.45, 2.75) is 26.8 Å². The molecule has 0 bridgehead atoms. The molecule has 0 aliphatic carbocycles. The van der Waals surface area contributed by atoms with Gasteiger partial charge in [0, 0.05) is 36.2 Å². The molecule has 23 heavy (non-hydrogen) atoms. The molecule has 0 unspecified atom stereocenters. The highest BCUT2D eigenvalue weighted by molar-refractivity contribution is 5.99. The zero-order valence-electron chi connectivity index (χ0n) is 13.0. The third kappa shape index (κ3) is 2.13. The highest BCUT2D eigenvalue weighted by Crippen LogP contribution is 2.25. The van der Waals surface area contributed by atoms with Gasteiger partial charge in [0.15, 0.2) is 0 Å². The molecule has 3 heterocycles. The molecule has 2 N–H and O–H groups in total. The van der Waals surface area contributed by atoms with E-state index in [4.69, 9.17) is 0 Å². The number of H-pyrrole nitrogens is 2. The third-order valence-electron chi connectivity index (χ3n) is 4.61. The Morgan fingerprint density at radius 2 is 2.17 bits per heavy atom. The smallest absolute Gasteiger partial charge is 0.270 e. The maximum absolute atomic E-state index is 13.9. The van der Waals surface area contributed by atoms with E-state index < -0.39 is 0 Å². The van der Waals surface area contributed by atoms with E-state index in [9.17, 15) is 9.18 Å². The summed E-state index contributed by atoms with van der Waals surface area (Å²) < 4.78 is 13.9. The van der Waals surface area contributed by atoms with Crippen LogP contribution in [0, 0.1) is 19.7 Å². The lowest BCUT2D eigenvalue weighted by atomic mass is 10.1. The van der Waals surface area contributed by atoms with Crippen molar-refractivity contribution in [1.29, 1.82) is 0 Å². The Morgan fingerprint density at radius 3 is 2.96 bits per heavy atom. The predicted octanol–water partition coefficient (Wildman–Crippen LogP) is 2.85. The average molecular weight is 312 g/mol. The number of hydrogen-bond acceptors (Lipinski definition) is 2. The fourth-order valence-electron chi connectivity index (χ4n) is 3.21. The minimum absolute atomic E-state index is 0.105. The maximum atomic E-state index is 13.9. The van der Waals surface area contributed by atoms with E-state index in [1.165, 1.54) is 6.07 Å². The number of amides is 1. The van der Waals surface area contributed by atoms with Gasteiger partial charge in [-0.15, -0.1) is 0 Å². The standard InChI is InChI=1S/C17H17FN4O/c1-9-3-4-13(18)16-11(9)7-15(19-16)17(23)22-6-5-14-12(8-22)10(2)20-21-14/h3-4,7,19H,5-6,8H2,1-2H3,(H,20,21). The van der Waals surface area contributed by atoms with Crippen LogP contribution in [-0.2, 0) is 13.0 Å². The Bertz CT molecular complexity index is 885. The molecule has 118 valence electrons. The van der Waals surface area contributed by atoms with Crippen LogP contribution >= 0.6 is 0 Å². The summed E-state index contributed by atoms with van der Waals surface area (Å²) >= 11 is 0. The van der Waals surface area contributed by atoms with Gasteiger partial charge in [-0.05, 0) is 31.5 Å². The first-order chi connectivity index (χ1) is 11.0. The number of aryl methyl sites for hydroxylation is 2. The third-order valence-corrected chi connectivity index (χ3v) is 4.61. The van der Waals surface area contributed by atoms with E-state index in [2.05, 4.69) is 15.2 Å². The van der Waals surface area contributed by atoms with Crippen molar-refractivity contribution in [2.24, 2.45) is 0 Å². The van der Waals surface area contributed by atoms with Gasteiger partial charge in [-0.1, -0.05) is 6.07 Å². The average Bonchev–Trinajstić information content (AvgIpc) is 3.16. The van der Waals surface area contributed by atoms with E-state index >= 15 is 0 Å². The number of nitrogens with zero attached hydrogens (tertiary/aromatic N) is 2. The van der Waals surface area contributed by atoms with Crippen LogP contribution in [0.2, 0.25) is 0 Å². The molecule has 0 fully saturated rings. The highest BCUT2D eigenvalue weighted by atomic mass is 19.1. The van der Waals surface area contributed by atoms with Gasteiger partial charge >= 0.3 is 0 Å². The monoisotopic (exact) mass is 312 g/mol. The lowest BCUT2D eigenvalue weighted by Crippen LogP contribution is -2.36. The van der Waals surface area contributed by atoms with Crippen LogP contribution in [0.4, 0.5) is 4.39 Å². The Labute approximate surface area is 132 Å². The fourth-order valence-corrected chi connectivity index (χ4v) is 3.21. The van der Waals surface area contributed by atoms with E-state index in [1.807, 2.05) is 13.8 Å². The number of aromatic nitrogens is 3. The number of fused-ring (bicyclic) bond motifs is 2. The zero-order valence-corrected chi connectivity index (χ0v) is 13.0. The quantitative estimate of drug-likeness (QED) is 0.725. The van der Waals surface area contributed by atoms with Gasteiger partial charge in [-0.2, -0.15) is 5.10 Å². The number of carbonyl (C=O) groups excluding carboxylic acids is 1. The van der Waals surface area contributed by atoms with E-state index in [-0.39, 0.29) is 11.7 Å². The molecule has 6 heteroatoms. The largest absolute Gasteiger partial charge is 0.348 e. The second-order valence-corrected chi connectivity index (χ2v) is 6.09. The summed E-state index contributed by atoms with van der Waals surface area (Å²) in [6.45, 7) is 5.02. The van der Waals surface area contributed by atoms with Gasteiger partial charge < -0.3 is 9.88 Å². The van der Waals surface area contributed by atoms with E-state index in [0.29, 0.717) is 24.3 Å². The van der Waals surface area contributed by atoms with Gasteiger partial charge in [-0.3, -0.25) is 9.89 Å². The Morgan fingerprint density at radius 1 is 1.35 bits per heavy atom. The fraction of sp³-hybridized carbons (Fsp3) is 0.294. The number of rotatable bonds is 1. The van der Waals surface area contributed by atoms with Crippen LogP contribution < -0.4 is 0 Å². The normalized spacial score (nSPS) is 14.3. The number of halogens is 1. The zero-order chi connectivity index (χ0) is 16.1. The summed E-state index contributed by atoms with van der Waals surface area (Å²) in [5.41, 5.74) is 4.89. The second kappa shape index (κ2) is 4.94. The first kappa shape index (κ1) is 14.0. The van der Waals surface area contributed by atoms with E-state index in [0.717, 1.165) is 34.3 Å². The predicted molar refractivity (Wildman–Crippen MR) is 84.8 cm³/mol. The number of aromatic amines is 2. The SMILES string of the molecule is Cc1[nH]nc2c1CN(C(=O)c1cc3c(C)ccc(F)c3[nH]1)CC2. The number of hydrogen-bond donors (Lipinski definition) is 2. The van der Waals surface area contributed by atoms with Crippen LogP contribution in [0.15, 0.2) is 18.2 Å². The molecule has 2 aromatic heterocycles. The number of nitrogens with one attached hydrogen (secondary N) is 2. The van der Waals surface area contributed by atoms with Gasteiger partial charge in [-0.25, -0.2) is 4.39 Å². The molecule has 4 rings (SSSR count). The summed E-state index contributed by atoms with van der Waals surface area (Å²) in [7, 11) is 0. The summed E-state index contributed by atoms with van der Waals surface area (Å²) in [4.78, 5) is 17.5. The second-order valence-electron chi connectivity index (χ2n) is 6.09. The van der Waals surface area contributed by atoms with Crippen molar-refractivity contribution in [1.82, 2.24) is 20.1 Å². The molecule has 1 amide bonds. The van der Waals surface area contributed by atoms with Crippen molar-refractivity contribution >= 4 is 16.8 Å². The van der Waals surface area contributed by atoms with Crippen molar-refractivity contribution < 1.29 is 9.18 Å². The molecule has 0 radical (unpaired) electrons. The first-order valence-electron chi connectivity index (χ1n) is 7.64. The van der Waals surface area contributed by atoms with E-state index in [1.54, 1.807) is 17.0 Å². The molecule has 1 aromatic carbocycles. The van der Waals surface area contributed by atoms with Crippen molar-refractivity contribution in [2.75, 3.05) is 6.54 Å². The van der Waals surface area contributed by atoms with Crippen molar-refractivity contribution in [3.63, 3.8) is 0 Å². The van der Waals surface area contributed by atoms with Crippen LogP contribution in [0.25, 0.3) is 10.9 Å². The van der Waals surface area contributed by atoms with Gasteiger partial charge in [0.2, 0.25) is 0 Å². The molecular formula is C17H17FN4O. The number of carbonyl (C=O) groups is 1. The molecule has 5 nitrogen and oxygen atoms in total. The van der Waals surface area contributed by atoms with Crippen LogP contribution in [0.1, 0.15) is 33.0 Å². The summed E-state index contributed by atoms with van der Waals surface area (Å²) in [6.07, 6.45) is 0.735. The maximum Gasteiger partial charge on any atom is 0.270 e. The topological polar surface area (TPSA) is 64.8 Å². The molecular weight excluding hydrogens is 295 g/mol. The first-order valence-corrected chi connectivity index (χ1v) is 7.64. The van der Waals surface area contributed by atoms with Crippen LogP contribution in [-0.4, -0.2) is 32.5 Å². The molecule has 1 aliphatic rings. The lowest BCUT2D eigenvalue weighted by molar-refractivity contribution is 0.0729. The number of benzene rings is 1. The molecule has 0 saturated carbocycles. The summed E-state index contributed by atoms with van der Waals surface area (Å²) in [5, 5.41) is 7.98. The molecule has 3 aromatic rings. The molecule has 0 atom stereocenters. The van der Waals surface area contributed by atoms with Crippen LogP contribution in [0.5, 0.6) is 0 Å². The van der Waals surface area contributed by atoms with Crippen molar-refractivity contribution in [3.8, 4) is 0 Å². The Hall–Kier alpha value is -2.63. The van der Waals surface area contributed by atoms with Gasteiger partial charge in [0.25, 0.3) is 5.91 Å². The van der Waals surface area contributed by atoms with Gasteiger partial charge in [0.1, 0.15) is 11.5 Å². The highest BCUT2D eigenvalue weighted by Gasteiger charge is 2.26. The van der Waals surface area contributed by atoms with Crippen molar-refractivity contribution in [3.05, 3.63) is 52.2 Å². The lowest BCUT2D eigenvalue weighted by Gasteiger charge is -2.26. The molecule has 0 saturated heterocycles. The summed E-state index contributed by atoms with van der Waals surface area (Å²) in [5.74, 6) is -0.442. The minimum Gasteiger partial charge on any atom is -0.348 e. The Kier molecular flexibility index (Phi) is 3.01. The van der Waals surface area contributed by atoms with Gasteiger partial charge in [0.05, 0.1) is 11.2 Å². The molecule has 1 aliphatic heterocycles. The Balaban J connectivity index is 1.69. The summed E-state index contributed by atoms with van der Waals surface area (Å²) in [6, 6.07) is 4.89.